The molecule has 0 radical (unpaired) electrons. The van der Waals surface area contributed by atoms with Crippen LogP contribution in [0, 0.1) is 4.77 Å². The zero-order valence-electron chi connectivity index (χ0n) is 15.2. The second-order valence-electron chi connectivity index (χ2n) is 7.33. The minimum Gasteiger partial charge on any atom is -0.310 e. The lowest BCUT2D eigenvalue weighted by Gasteiger charge is -2.27. The number of nitrogens with one attached hydrogen (secondary N) is 2. The van der Waals surface area contributed by atoms with Gasteiger partial charge in [0.05, 0.1) is 11.1 Å². The lowest BCUT2D eigenvalue weighted by atomic mass is 10.3. The van der Waals surface area contributed by atoms with Gasteiger partial charge in [-0.3, -0.25) is 9.47 Å². The second-order valence-corrected chi connectivity index (χ2v) is 8.64. The summed E-state index contributed by atoms with van der Waals surface area (Å²) in [5.41, 5.74) is 0. The van der Waals surface area contributed by atoms with Crippen molar-refractivity contribution in [2.24, 2.45) is 0 Å². The molecule has 1 saturated carbocycles. The number of H-pyrrole nitrogens is 1. The van der Waals surface area contributed by atoms with Crippen LogP contribution >= 0.6 is 23.6 Å². The van der Waals surface area contributed by atoms with Crippen LogP contribution in [0.1, 0.15) is 18.9 Å². The normalized spacial score (nSPS) is 18.1. The van der Waals surface area contributed by atoms with Crippen LogP contribution in [0.5, 0.6) is 0 Å². The predicted octanol–water partition coefficient (Wildman–Crippen LogP) is 1.65. The van der Waals surface area contributed by atoms with Gasteiger partial charge in [0.25, 0.3) is 5.82 Å². The molecule has 3 aromatic heterocycles. The third-order valence-corrected chi connectivity index (χ3v) is 6.67. The van der Waals surface area contributed by atoms with E-state index in [1.807, 2.05) is 12.3 Å². The molecule has 0 spiro atoms. The van der Waals surface area contributed by atoms with E-state index in [1.165, 1.54) is 28.4 Å². The molecule has 140 valence electrons. The number of piperazine rings is 1. The first-order valence-electron chi connectivity index (χ1n) is 9.58. The van der Waals surface area contributed by atoms with E-state index in [2.05, 4.69) is 48.8 Å². The van der Waals surface area contributed by atoms with Crippen LogP contribution in [-0.2, 0) is 6.67 Å². The Bertz CT molecular complexity index is 950. The molecule has 0 unspecified atom stereocenters. The fourth-order valence-corrected chi connectivity index (χ4v) is 4.82. The van der Waals surface area contributed by atoms with Gasteiger partial charge >= 0.3 is 0 Å². The van der Waals surface area contributed by atoms with Crippen molar-refractivity contribution in [3.05, 3.63) is 46.7 Å². The number of rotatable bonds is 5. The van der Waals surface area contributed by atoms with Gasteiger partial charge in [0.1, 0.15) is 26.2 Å². The number of anilines is 1. The molecular formula is C19H24N6S2+2. The van der Waals surface area contributed by atoms with Crippen molar-refractivity contribution < 1.29 is 9.88 Å². The van der Waals surface area contributed by atoms with E-state index < -0.39 is 0 Å². The Labute approximate surface area is 167 Å². The summed E-state index contributed by atoms with van der Waals surface area (Å²) >= 11 is 7.55. The van der Waals surface area contributed by atoms with Crippen LogP contribution in [-0.4, -0.2) is 40.5 Å². The van der Waals surface area contributed by atoms with Crippen molar-refractivity contribution in [2.45, 2.75) is 25.6 Å². The standard InChI is InChI=1S/C19H22N6S2/c26-19-24(21-18(16-4-3-13-27-16)25(19)15-6-7-15)14-22-9-11-23(12-10-22)17-5-1-2-8-20-17/h1-5,8,13,15H,6-7,9-12,14H2/p+2. The number of hydrogen-bond acceptors (Lipinski definition) is 4. The van der Waals surface area contributed by atoms with Crippen LogP contribution in [0.2, 0.25) is 0 Å². The van der Waals surface area contributed by atoms with Gasteiger partial charge in [-0.05, 0) is 42.6 Å². The average molecular weight is 401 g/mol. The fourth-order valence-electron chi connectivity index (χ4n) is 3.77. The third kappa shape index (κ3) is 3.44. The van der Waals surface area contributed by atoms with Gasteiger partial charge in [0.15, 0.2) is 12.5 Å². The molecule has 4 heterocycles. The number of hydrogen-bond donors (Lipinski definition) is 1. The van der Waals surface area contributed by atoms with E-state index in [9.17, 15) is 0 Å². The Kier molecular flexibility index (Phi) is 4.55. The van der Waals surface area contributed by atoms with Gasteiger partial charge in [-0.25, -0.2) is 4.98 Å². The summed E-state index contributed by atoms with van der Waals surface area (Å²) in [6.45, 7) is 5.13. The smallest absolute Gasteiger partial charge is 0.274 e. The highest BCUT2D eigenvalue weighted by Crippen LogP contribution is 2.39. The number of thiophene rings is 1. The summed E-state index contributed by atoms with van der Waals surface area (Å²) in [7, 11) is 0. The lowest BCUT2D eigenvalue weighted by molar-refractivity contribution is -0.924. The number of pyridine rings is 1. The molecule has 2 N–H and O–H groups in total. The highest BCUT2D eigenvalue weighted by Gasteiger charge is 2.31. The van der Waals surface area contributed by atoms with Gasteiger partial charge in [-0.15, -0.1) is 16.4 Å². The van der Waals surface area contributed by atoms with Crippen molar-refractivity contribution in [1.29, 1.82) is 0 Å². The van der Waals surface area contributed by atoms with Crippen molar-refractivity contribution in [3.8, 4) is 10.7 Å². The maximum atomic E-state index is 5.81. The van der Waals surface area contributed by atoms with Crippen LogP contribution in [0.3, 0.4) is 0 Å². The quantitative estimate of drug-likeness (QED) is 0.663. The van der Waals surface area contributed by atoms with E-state index in [-0.39, 0.29) is 0 Å². The third-order valence-electron chi connectivity index (χ3n) is 5.40. The lowest BCUT2D eigenvalue weighted by Crippen LogP contribution is -3.14. The van der Waals surface area contributed by atoms with E-state index in [0.717, 1.165) is 43.4 Å². The highest BCUT2D eigenvalue weighted by atomic mass is 32.1. The molecule has 3 aromatic rings. The summed E-state index contributed by atoms with van der Waals surface area (Å²) in [5, 5.41) is 7.04. The molecular weight excluding hydrogens is 376 g/mol. The minimum atomic E-state index is 0.545. The number of aromatic nitrogens is 4. The topological polar surface area (TPSA) is 44.6 Å². The highest BCUT2D eigenvalue weighted by molar-refractivity contribution is 7.71. The zero-order chi connectivity index (χ0) is 18.2. The van der Waals surface area contributed by atoms with Crippen LogP contribution in [0.4, 0.5) is 5.82 Å². The van der Waals surface area contributed by atoms with Crippen LogP contribution in [0.25, 0.3) is 10.7 Å². The summed E-state index contributed by atoms with van der Waals surface area (Å²) in [6.07, 6.45) is 4.43. The van der Waals surface area contributed by atoms with Crippen molar-refractivity contribution in [3.63, 3.8) is 0 Å². The molecule has 1 aliphatic heterocycles. The molecule has 8 heteroatoms. The SMILES string of the molecule is S=c1n(C[NH+]2CCN(c3cccc[nH+]3)CC2)nc(-c2cccs2)n1C1CC1. The van der Waals surface area contributed by atoms with Crippen LogP contribution in [0.15, 0.2) is 41.9 Å². The zero-order valence-corrected chi connectivity index (χ0v) is 16.8. The number of nitrogens with zero attached hydrogens (tertiary/aromatic N) is 4. The Morgan fingerprint density at radius 2 is 2.04 bits per heavy atom. The molecule has 2 fully saturated rings. The molecule has 6 nitrogen and oxygen atoms in total. The summed E-state index contributed by atoms with van der Waals surface area (Å²) in [6, 6.07) is 11.0. The van der Waals surface area contributed by atoms with E-state index >= 15 is 0 Å². The van der Waals surface area contributed by atoms with Crippen molar-refractivity contribution >= 4 is 29.4 Å². The molecule has 0 atom stereocenters. The Morgan fingerprint density at radius 3 is 2.70 bits per heavy atom. The Balaban J connectivity index is 1.32. The maximum absolute atomic E-state index is 5.81. The van der Waals surface area contributed by atoms with Gasteiger partial charge in [0.2, 0.25) is 4.77 Å². The second kappa shape index (κ2) is 7.18. The molecule has 0 bridgehead atoms. The Morgan fingerprint density at radius 1 is 1.19 bits per heavy atom. The molecule has 0 amide bonds. The summed E-state index contributed by atoms with van der Waals surface area (Å²) in [5.74, 6) is 2.25. The minimum absolute atomic E-state index is 0.545. The molecule has 27 heavy (non-hydrogen) atoms. The molecule has 5 rings (SSSR count). The van der Waals surface area contributed by atoms with E-state index in [1.54, 1.807) is 11.3 Å². The molecule has 1 aliphatic carbocycles. The number of aromatic amines is 1. The molecule has 2 aliphatic rings. The van der Waals surface area contributed by atoms with Gasteiger partial charge in [-0.2, -0.15) is 4.68 Å². The maximum Gasteiger partial charge on any atom is 0.274 e. The first-order valence-corrected chi connectivity index (χ1v) is 10.9. The monoisotopic (exact) mass is 400 g/mol. The largest absolute Gasteiger partial charge is 0.310 e. The van der Waals surface area contributed by atoms with E-state index in [0.29, 0.717) is 6.04 Å². The van der Waals surface area contributed by atoms with Gasteiger partial charge in [-0.1, -0.05) is 12.1 Å². The average Bonchev–Trinajstić information content (AvgIpc) is 3.29. The summed E-state index contributed by atoms with van der Waals surface area (Å²) < 4.78 is 5.23. The first kappa shape index (κ1) is 17.1. The first-order chi connectivity index (χ1) is 13.3. The number of quaternary nitrogens is 1. The van der Waals surface area contributed by atoms with Gasteiger partial charge < -0.3 is 4.90 Å². The van der Waals surface area contributed by atoms with Crippen molar-refractivity contribution in [1.82, 2.24) is 14.3 Å². The van der Waals surface area contributed by atoms with Gasteiger partial charge in [0, 0.05) is 12.1 Å². The molecule has 1 saturated heterocycles. The summed E-state index contributed by atoms with van der Waals surface area (Å²) in [4.78, 5) is 8.51. The van der Waals surface area contributed by atoms with Crippen LogP contribution < -0.4 is 14.8 Å². The van der Waals surface area contributed by atoms with E-state index in [4.69, 9.17) is 17.3 Å². The molecule has 0 aromatic carbocycles. The Hall–Kier alpha value is -2.03. The predicted molar refractivity (Wildman–Crippen MR) is 109 cm³/mol. The van der Waals surface area contributed by atoms with Crippen molar-refractivity contribution in [2.75, 3.05) is 31.1 Å². The fraction of sp³-hybridized carbons (Fsp3) is 0.421.